The van der Waals surface area contributed by atoms with Crippen LogP contribution in [-0.4, -0.2) is 44.7 Å². The molecule has 1 atom stereocenters. The Hall–Kier alpha value is -2.18. The van der Waals surface area contributed by atoms with Crippen molar-refractivity contribution in [2.45, 2.75) is 31.7 Å². The molecule has 0 saturated carbocycles. The molecule has 0 bridgehead atoms. The van der Waals surface area contributed by atoms with Crippen LogP contribution in [-0.2, 0) is 4.79 Å². The summed E-state index contributed by atoms with van der Waals surface area (Å²) in [7, 11) is 0. The zero-order valence-corrected chi connectivity index (χ0v) is 18.0. The van der Waals surface area contributed by atoms with Crippen LogP contribution < -0.4 is 0 Å². The number of benzene rings is 2. The van der Waals surface area contributed by atoms with E-state index in [9.17, 15) is 4.79 Å². The largest absolute Gasteiger partial charge is 0.358 e. The second-order valence-electron chi connectivity index (χ2n) is 7.38. The van der Waals surface area contributed by atoms with Crippen molar-refractivity contribution >= 4 is 39.9 Å². The SMILES string of the molecule is O=C(CSC(=S)N1CCCCC1)N1N=C(c2ccccc2)CC1c1ccccc1. The highest BCUT2D eigenvalue weighted by atomic mass is 32.2. The molecule has 2 aliphatic rings. The molecular weight excluding hydrogens is 398 g/mol. The first-order chi connectivity index (χ1) is 14.2. The number of carbonyl (C=O) groups excluding carboxylic acids is 1. The number of thioether (sulfide) groups is 1. The minimum absolute atomic E-state index is 0.00847. The quantitative estimate of drug-likeness (QED) is 0.658. The van der Waals surface area contributed by atoms with Gasteiger partial charge in [-0.05, 0) is 30.4 Å². The Labute approximate surface area is 182 Å². The zero-order valence-electron chi connectivity index (χ0n) is 16.4. The molecule has 4 nitrogen and oxygen atoms in total. The highest BCUT2D eigenvalue weighted by Gasteiger charge is 2.33. The van der Waals surface area contributed by atoms with Crippen LogP contribution in [0.15, 0.2) is 65.8 Å². The fourth-order valence-electron chi connectivity index (χ4n) is 3.84. The Morgan fingerprint density at radius 1 is 1.00 bits per heavy atom. The second-order valence-corrected chi connectivity index (χ2v) is 8.99. The standard InChI is InChI=1S/C23H25N3OS2/c27-22(17-29-23(28)25-14-8-3-9-15-25)26-21(19-12-6-2-7-13-19)16-20(24-26)18-10-4-1-5-11-18/h1-2,4-7,10-13,21H,3,8-9,14-17H2. The molecule has 2 aromatic carbocycles. The van der Waals surface area contributed by atoms with E-state index in [4.69, 9.17) is 17.3 Å². The van der Waals surface area contributed by atoms with Gasteiger partial charge in [0.05, 0.1) is 17.5 Å². The number of carbonyl (C=O) groups is 1. The topological polar surface area (TPSA) is 35.9 Å². The predicted octanol–water partition coefficient (Wildman–Crippen LogP) is 4.87. The molecule has 1 fully saturated rings. The Bertz CT molecular complexity index is 880. The minimum atomic E-state index is -0.0666. The summed E-state index contributed by atoms with van der Waals surface area (Å²) in [4.78, 5) is 15.3. The van der Waals surface area contributed by atoms with Crippen LogP contribution in [0.25, 0.3) is 0 Å². The Balaban J connectivity index is 1.48. The van der Waals surface area contributed by atoms with Gasteiger partial charge >= 0.3 is 0 Å². The van der Waals surface area contributed by atoms with E-state index in [1.54, 1.807) is 5.01 Å². The van der Waals surface area contributed by atoms with Gasteiger partial charge in [-0.25, -0.2) is 5.01 Å². The van der Waals surface area contributed by atoms with E-state index < -0.39 is 0 Å². The number of hydrogen-bond acceptors (Lipinski definition) is 4. The van der Waals surface area contributed by atoms with Crippen LogP contribution in [0.5, 0.6) is 0 Å². The molecule has 0 radical (unpaired) electrons. The molecule has 29 heavy (non-hydrogen) atoms. The zero-order chi connectivity index (χ0) is 20.1. The van der Waals surface area contributed by atoms with Gasteiger partial charge in [0.2, 0.25) is 0 Å². The van der Waals surface area contributed by atoms with Crippen LogP contribution in [0.2, 0.25) is 0 Å². The average Bonchev–Trinajstić information content (AvgIpc) is 3.25. The average molecular weight is 424 g/mol. The Kier molecular flexibility index (Phi) is 6.62. The first-order valence-electron chi connectivity index (χ1n) is 10.1. The minimum Gasteiger partial charge on any atom is -0.358 e. The van der Waals surface area contributed by atoms with E-state index in [0.717, 1.165) is 40.7 Å². The van der Waals surface area contributed by atoms with Gasteiger partial charge in [0.15, 0.2) is 0 Å². The summed E-state index contributed by atoms with van der Waals surface area (Å²) in [6.07, 6.45) is 4.36. The summed E-state index contributed by atoms with van der Waals surface area (Å²) >= 11 is 7.04. The van der Waals surface area contributed by atoms with Gasteiger partial charge < -0.3 is 4.90 Å². The second kappa shape index (κ2) is 9.55. The fraction of sp³-hybridized carbons (Fsp3) is 0.348. The maximum absolute atomic E-state index is 13.1. The molecule has 150 valence electrons. The number of piperidine rings is 1. The van der Waals surface area contributed by atoms with E-state index in [1.807, 2.05) is 36.4 Å². The lowest BCUT2D eigenvalue weighted by molar-refractivity contribution is -0.130. The van der Waals surface area contributed by atoms with Crippen LogP contribution in [0, 0.1) is 0 Å². The van der Waals surface area contributed by atoms with Crippen molar-refractivity contribution in [1.82, 2.24) is 9.91 Å². The summed E-state index contributed by atoms with van der Waals surface area (Å²) in [5.41, 5.74) is 3.13. The number of thiocarbonyl (C=S) groups is 1. The van der Waals surface area contributed by atoms with Crippen molar-refractivity contribution in [3.05, 3.63) is 71.8 Å². The van der Waals surface area contributed by atoms with Gasteiger partial charge in [-0.2, -0.15) is 5.10 Å². The maximum atomic E-state index is 13.1. The lowest BCUT2D eigenvalue weighted by Gasteiger charge is -2.29. The van der Waals surface area contributed by atoms with Gasteiger partial charge in [-0.3, -0.25) is 4.79 Å². The van der Waals surface area contributed by atoms with E-state index in [1.165, 1.54) is 31.0 Å². The number of likely N-dealkylation sites (tertiary alicyclic amines) is 1. The molecule has 2 aromatic rings. The van der Waals surface area contributed by atoms with Crippen LogP contribution in [0.4, 0.5) is 0 Å². The number of hydrazone groups is 1. The molecule has 0 aromatic heterocycles. The van der Waals surface area contributed by atoms with Crippen molar-refractivity contribution < 1.29 is 4.79 Å². The van der Waals surface area contributed by atoms with E-state index in [2.05, 4.69) is 29.2 Å². The van der Waals surface area contributed by atoms with Gasteiger partial charge in [-0.15, -0.1) is 0 Å². The van der Waals surface area contributed by atoms with E-state index >= 15 is 0 Å². The van der Waals surface area contributed by atoms with Gasteiger partial charge in [0, 0.05) is 19.5 Å². The van der Waals surface area contributed by atoms with Crippen molar-refractivity contribution in [3.63, 3.8) is 0 Å². The molecular formula is C23H25N3OS2. The normalized spacial score (nSPS) is 19.2. The van der Waals surface area contributed by atoms with Crippen molar-refractivity contribution in [2.24, 2.45) is 5.10 Å². The first-order valence-corrected chi connectivity index (χ1v) is 11.5. The molecule has 2 heterocycles. The lowest BCUT2D eigenvalue weighted by Crippen LogP contribution is -2.34. The highest BCUT2D eigenvalue weighted by molar-refractivity contribution is 8.23. The van der Waals surface area contributed by atoms with E-state index in [0.29, 0.717) is 5.75 Å². The number of hydrogen-bond donors (Lipinski definition) is 0. The monoisotopic (exact) mass is 423 g/mol. The van der Waals surface area contributed by atoms with Crippen LogP contribution in [0.3, 0.4) is 0 Å². The summed E-state index contributed by atoms with van der Waals surface area (Å²) in [6.45, 7) is 2.01. The molecule has 2 aliphatic heterocycles. The van der Waals surface area contributed by atoms with Crippen molar-refractivity contribution in [3.8, 4) is 0 Å². The lowest BCUT2D eigenvalue weighted by atomic mass is 9.98. The molecule has 6 heteroatoms. The third-order valence-electron chi connectivity index (χ3n) is 5.39. The van der Waals surface area contributed by atoms with Crippen LogP contribution >= 0.6 is 24.0 Å². The maximum Gasteiger partial charge on any atom is 0.253 e. The van der Waals surface area contributed by atoms with Gasteiger partial charge in [-0.1, -0.05) is 84.6 Å². The molecule has 0 N–H and O–H groups in total. The highest BCUT2D eigenvalue weighted by Crippen LogP contribution is 2.33. The number of amides is 1. The van der Waals surface area contributed by atoms with E-state index in [-0.39, 0.29) is 11.9 Å². The third kappa shape index (κ3) is 4.87. The predicted molar refractivity (Wildman–Crippen MR) is 124 cm³/mol. The van der Waals surface area contributed by atoms with Gasteiger partial charge in [0.1, 0.15) is 4.32 Å². The molecule has 1 saturated heterocycles. The summed E-state index contributed by atoms with van der Waals surface area (Å²) in [5, 5.41) is 6.41. The molecule has 0 spiro atoms. The summed E-state index contributed by atoms with van der Waals surface area (Å²) < 4.78 is 0.834. The number of nitrogens with zero attached hydrogens (tertiary/aromatic N) is 3. The molecule has 0 aliphatic carbocycles. The summed E-state index contributed by atoms with van der Waals surface area (Å²) in [5.74, 6) is 0.332. The van der Waals surface area contributed by atoms with Crippen molar-refractivity contribution in [1.29, 1.82) is 0 Å². The van der Waals surface area contributed by atoms with Gasteiger partial charge in [0.25, 0.3) is 5.91 Å². The molecule has 1 unspecified atom stereocenters. The summed E-state index contributed by atoms with van der Waals surface area (Å²) in [6, 6.07) is 20.2. The van der Waals surface area contributed by atoms with Crippen molar-refractivity contribution in [2.75, 3.05) is 18.8 Å². The first kappa shape index (κ1) is 20.1. The molecule has 4 rings (SSSR count). The molecule has 1 amide bonds. The Morgan fingerprint density at radius 3 is 2.34 bits per heavy atom. The fourth-order valence-corrected chi connectivity index (χ4v) is 4.94. The third-order valence-corrected chi connectivity index (χ3v) is 6.90. The number of rotatable bonds is 4. The van der Waals surface area contributed by atoms with Crippen LogP contribution in [0.1, 0.15) is 42.9 Å². The Morgan fingerprint density at radius 2 is 1.66 bits per heavy atom. The smallest absolute Gasteiger partial charge is 0.253 e.